The fraction of sp³-hybridized carbons (Fsp3) is 0.682. The van der Waals surface area contributed by atoms with Gasteiger partial charge in [-0.05, 0) is 25.7 Å². The number of halogens is 1. The lowest BCUT2D eigenvalue weighted by Gasteiger charge is -2.40. The monoisotopic (exact) mass is 496 g/mol. The first-order chi connectivity index (χ1) is 15.6. The molecule has 2 aliphatic rings. The Bertz CT molecular complexity index is 878. The number of primary amides is 1. The lowest BCUT2D eigenvalue weighted by molar-refractivity contribution is -0.134. The summed E-state index contributed by atoms with van der Waals surface area (Å²) >= 11 is 7.51. The van der Waals surface area contributed by atoms with Crippen molar-refractivity contribution in [2.45, 2.75) is 51.2 Å². The van der Waals surface area contributed by atoms with E-state index in [1.807, 2.05) is 11.8 Å². The van der Waals surface area contributed by atoms with Crippen molar-refractivity contribution >= 4 is 46.9 Å². The smallest absolute Gasteiger partial charge is 0.233 e. The molecule has 11 heteroatoms. The summed E-state index contributed by atoms with van der Waals surface area (Å²) in [6.45, 7) is 9.18. The first-order valence-corrected chi connectivity index (χ1v) is 12.8. The Morgan fingerprint density at radius 1 is 1.15 bits per heavy atom. The molecule has 3 amide bonds. The zero-order valence-corrected chi connectivity index (χ0v) is 21.1. The van der Waals surface area contributed by atoms with Crippen molar-refractivity contribution in [2.24, 2.45) is 17.6 Å². The molecule has 1 aromatic rings. The largest absolute Gasteiger partial charge is 0.369 e. The van der Waals surface area contributed by atoms with Crippen LogP contribution in [0.2, 0.25) is 5.15 Å². The molecule has 1 atom stereocenters. The molecule has 3 rings (SSSR count). The second-order valence-corrected chi connectivity index (χ2v) is 10.5. The van der Waals surface area contributed by atoms with Gasteiger partial charge in [-0.3, -0.25) is 14.4 Å². The summed E-state index contributed by atoms with van der Waals surface area (Å²) in [6, 6.07) is 1.79. The summed E-state index contributed by atoms with van der Waals surface area (Å²) in [5.74, 6) is 0.969. The number of piperidine rings is 1. The van der Waals surface area contributed by atoms with E-state index in [-0.39, 0.29) is 35.4 Å². The Kier molecular flexibility index (Phi) is 8.81. The summed E-state index contributed by atoms with van der Waals surface area (Å²) < 4.78 is 0. The Balaban J connectivity index is 1.56. The molecule has 3 heterocycles. The van der Waals surface area contributed by atoms with Crippen LogP contribution in [0.15, 0.2) is 11.2 Å². The topological polar surface area (TPSA) is 113 Å². The van der Waals surface area contributed by atoms with Gasteiger partial charge in [-0.25, -0.2) is 9.97 Å². The van der Waals surface area contributed by atoms with Crippen LogP contribution >= 0.6 is 23.4 Å². The predicted molar refractivity (Wildman–Crippen MR) is 129 cm³/mol. The van der Waals surface area contributed by atoms with Gasteiger partial charge in [-0.2, -0.15) is 0 Å². The maximum atomic E-state index is 12.6. The van der Waals surface area contributed by atoms with Crippen molar-refractivity contribution in [2.75, 3.05) is 43.4 Å². The van der Waals surface area contributed by atoms with Gasteiger partial charge >= 0.3 is 0 Å². The van der Waals surface area contributed by atoms with Gasteiger partial charge in [0.05, 0.1) is 5.75 Å². The highest BCUT2D eigenvalue weighted by atomic mass is 35.5. The Labute approximate surface area is 204 Å². The third kappa shape index (κ3) is 6.96. The molecule has 9 nitrogen and oxygen atoms in total. The molecule has 0 bridgehead atoms. The molecule has 2 fully saturated rings. The number of hydrogen-bond acceptors (Lipinski definition) is 7. The van der Waals surface area contributed by atoms with Crippen LogP contribution in [0.4, 0.5) is 5.82 Å². The molecule has 0 aromatic carbocycles. The van der Waals surface area contributed by atoms with Gasteiger partial charge in [0, 0.05) is 57.2 Å². The quantitative estimate of drug-likeness (QED) is 0.349. The number of amides is 3. The van der Waals surface area contributed by atoms with Crippen molar-refractivity contribution in [1.29, 1.82) is 0 Å². The summed E-state index contributed by atoms with van der Waals surface area (Å²) in [6.07, 6.45) is 1.76. The highest BCUT2D eigenvalue weighted by Crippen LogP contribution is 2.25. The van der Waals surface area contributed by atoms with Crippen LogP contribution in [0.3, 0.4) is 0 Å². The second kappa shape index (κ2) is 11.4. The van der Waals surface area contributed by atoms with Crippen LogP contribution in [-0.2, 0) is 14.4 Å². The number of anilines is 1. The standard InChI is InChI=1S/C22H33ClN6O3S/c1-14(2)10-19(30)29-9-8-28(12-15(29)3)18-11-17(23)25-22(26-18)33-13-20(31)27-6-4-16(5-7-27)21(24)32/h11,14-16H,4-10,12-13H2,1-3H3,(H2,24,32). The van der Waals surface area contributed by atoms with Gasteiger partial charge in [0.25, 0.3) is 0 Å². The van der Waals surface area contributed by atoms with Gasteiger partial charge in [0.15, 0.2) is 5.16 Å². The lowest BCUT2D eigenvalue weighted by atomic mass is 9.96. The van der Waals surface area contributed by atoms with Crippen molar-refractivity contribution < 1.29 is 14.4 Å². The summed E-state index contributed by atoms with van der Waals surface area (Å²) in [5.41, 5.74) is 5.36. The molecule has 2 saturated heterocycles. The number of aromatic nitrogens is 2. The van der Waals surface area contributed by atoms with E-state index in [1.165, 1.54) is 11.8 Å². The third-order valence-electron chi connectivity index (χ3n) is 6.09. The fourth-order valence-corrected chi connectivity index (χ4v) is 5.23. The molecule has 33 heavy (non-hydrogen) atoms. The molecule has 0 spiro atoms. The van der Waals surface area contributed by atoms with Crippen LogP contribution in [0, 0.1) is 11.8 Å². The SMILES string of the molecule is CC(C)CC(=O)N1CCN(c2cc(Cl)nc(SCC(=O)N3CCC(C(N)=O)CC3)n2)CC1C. The molecular weight excluding hydrogens is 464 g/mol. The molecule has 0 saturated carbocycles. The maximum absolute atomic E-state index is 12.6. The average Bonchev–Trinajstić information content (AvgIpc) is 2.76. The van der Waals surface area contributed by atoms with Crippen LogP contribution in [-0.4, -0.2) is 82.0 Å². The van der Waals surface area contributed by atoms with E-state index < -0.39 is 0 Å². The summed E-state index contributed by atoms with van der Waals surface area (Å²) in [4.78, 5) is 51.1. The predicted octanol–water partition coefficient (Wildman–Crippen LogP) is 2.03. The molecule has 2 aliphatic heterocycles. The zero-order chi connectivity index (χ0) is 24.1. The number of carbonyl (C=O) groups excluding carboxylic acids is 3. The van der Waals surface area contributed by atoms with Gasteiger partial charge in [0.2, 0.25) is 17.7 Å². The molecule has 2 N–H and O–H groups in total. The molecule has 0 radical (unpaired) electrons. The van der Waals surface area contributed by atoms with E-state index in [9.17, 15) is 14.4 Å². The second-order valence-electron chi connectivity index (χ2n) is 9.16. The minimum Gasteiger partial charge on any atom is -0.369 e. The van der Waals surface area contributed by atoms with Gasteiger partial charge < -0.3 is 20.4 Å². The average molecular weight is 497 g/mol. The van der Waals surface area contributed by atoms with Crippen LogP contribution in [0.5, 0.6) is 0 Å². The van der Waals surface area contributed by atoms with E-state index in [2.05, 4.69) is 28.7 Å². The Morgan fingerprint density at radius 3 is 2.45 bits per heavy atom. The van der Waals surface area contributed by atoms with E-state index in [1.54, 1.807) is 11.0 Å². The Morgan fingerprint density at radius 2 is 1.85 bits per heavy atom. The number of nitrogens with zero attached hydrogens (tertiary/aromatic N) is 5. The number of likely N-dealkylation sites (tertiary alicyclic amines) is 1. The highest BCUT2D eigenvalue weighted by Gasteiger charge is 2.29. The summed E-state index contributed by atoms with van der Waals surface area (Å²) in [7, 11) is 0. The number of piperazine rings is 1. The number of nitrogens with two attached hydrogens (primary N) is 1. The van der Waals surface area contributed by atoms with Crippen LogP contribution in [0.25, 0.3) is 0 Å². The van der Waals surface area contributed by atoms with E-state index in [0.29, 0.717) is 74.0 Å². The Hall–Kier alpha value is -2.07. The molecule has 0 aliphatic carbocycles. The van der Waals surface area contributed by atoms with Gasteiger partial charge in [-0.1, -0.05) is 37.2 Å². The highest BCUT2D eigenvalue weighted by molar-refractivity contribution is 7.99. The minimum atomic E-state index is -0.296. The van der Waals surface area contributed by atoms with Crippen LogP contribution < -0.4 is 10.6 Å². The lowest BCUT2D eigenvalue weighted by Crippen LogP contribution is -2.54. The molecule has 182 valence electrons. The number of carbonyl (C=O) groups is 3. The third-order valence-corrected chi connectivity index (χ3v) is 7.12. The number of thioether (sulfide) groups is 1. The maximum Gasteiger partial charge on any atom is 0.233 e. The first-order valence-electron chi connectivity index (χ1n) is 11.4. The summed E-state index contributed by atoms with van der Waals surface area (Å²) in [5, 5.41) is 0.770. The van der Waals surface area contributed by atoms with Crippen LogP contribution in [0.1, 0.15) is 40.0 Å². The van der Waals surface area contributed by atoms with Crippen molar-refractivity contribution in [1.82, 2.24) is 19.8 Å². The zero-order valence-electron chi connectivity index (χ0n) is 19.5. The number of hydrogen-bond donors (Lipinski definition) is 1. The molecule has 1 aromatic heterocycles. The van der Waals surface area contributed by atoms with E-state index in [4.69, 9.17) is 17.3 Å². The number of rotatable bonds is 7. The van der Waals surface area contributed by atoms with Gasteiger partial charge in [0.1, 0.15) is 11.0 Å². The molecule has 1 unspecified atom stereocenters. The van der Waals surface area contributed by atoms with Gasteiger partial charge in [-0.15, -0.1) is 0 Å². The normalized spacial score (nSPS) is 19.8. The molecular formula is C22H33ClN6O3S. The first kappa shape index (κ1) is 25.6. The van der Waals surface area contributed by atoms with Crippen molar-refractivity contribution in [3.8, 4) is 0 Å². The minimum absolute atomic E-state index is 0.0149. The fourth-order valence-electron chi connectivity index (χ4n) is 4.25. The van der Waals surface area contributed by atoms with Crippen molar-refractivity contribution in [3.63, 3.8) is 0 Å². The van der Waals surface area contributed by atoms with Crippen molar-refractivity contribution in [3.05, 3.63) is 11.2 Å². The van der Waals surface area contributed by atoms with E-state index in [0.717, 1.165) is 0 Å². The van der Waals surface area contributed by atoms with E-state index >= 15 is 0 Å².